The number of amides is 1. The normalized spacial score (nSPS) is 11.9. The van der Waals surface area contributed by atoms with Crippen LogP contribution in [0.1, 0.15) is 21.5 Å². The zero-order valence-electron chi connectivity index (χ0n) is 11.9. The zero-order valence-corrected chi connectivity index (χ0v) is 11.9. The number of rotatable bonds is 5. The summed E-state index contributed by atoms with van der Waals surface area (Å²) < 4.78 is 0. The van der Waals surface area contributed by atoms with Gasteiger partial charge in [0.15, 0.2) is 0 Å². The summed E-state index contributed by atoms with van der Waals surface area (Å²) in [5.41, 5.74) is 1.90. The van der Waals surface area contributed by atoms with Gasteiger partial charge in [-0.05, 0) is 30.5 Å². The molecule has 110 valence electrons. The van der Waals surface area contributed by atoms with Gasteiger partial charge in [-0.15, -0.1) is 0 Å². The van der Waals surface area contributed by atoms with Crippen LogP contribution in [0, 0.1) is 6.92 Å². The standard InChI is InChI=1S/C17H19NO3/c1-12-6-5-9-15(16(12)20)17(21)18-14(11-19)10-13-7-3-2-4-8-13/h2-9,14,19-20H,10-11H2,1H3,(H,18,21). The first-order valence-electron chi connectivity index (χ1n) is 6.86. The van der Waals surface area contributed by atoms with Gasteiger partial charge < -0.3 is 15.5 Å². The lowest BCUT2D eigenvalue weighted by Crippen LogP contribution is -2.39. The van der Waals surface area contributed by atoms with Gasteiger partial charge in [-0.1, -0.05) is 42.5 Å². The number of phenolic OH excluding ortho intramolecular Hbond substituents is 1. The first-order chi connectivity index (χ1) is 10.1. The summed E-state index contributed by atoms with van der Waals surface area (Å²) >= 11 is 0. The number of hydrogen-bond donors (Lipinski definition) is 3. The number of nitrogens with one attached hydrogen (secondary N) is 1. The van der Waals surface area contributed by atoms with Crippen LogP contribution in [0.2, 0.25) is 0 Å². The third kappa shape index (κ3) is 3.83. The van der Waals surface area contributed by atoms with E-state index in [4.69, 9.17) is 0 Å². The molecule has 0 aliphatic heterocycles. The highest BCUT2D eigenvalue weighted by atomic mass is 16.3. The summed E-state index contributed by atoms with van der Waals surface area (Å²) in [6.45, 7) is 1.58. The van der Waals surface area contributed by atoms with E-state index in [-0.39, 0.29) is 29.9 Å². The van der Waals surface area contributed by atoms with E-state index in [1.54, 1.807) is 25.1 Å². The first kappa shape index (κ1) is 15.1. The average Bonchev–Trinajstić information content (AvgIpc) is 2.50. The van der Waals surface area contributed by atoms with Crippen molar-refractivity contribution in [3.8, 4) is 5.75 Å². The number of hydrogen-bond acceptors (Lipinski definition) is 3. The summed E-state index contributed by atoms with van der Waals surface area (Å²) in [6, 6.07) is 14.3. The van der Waals surface area contributed by atoms with E-state index in [0.717, 1.165) is 5.56 Å². The molecular weight excluding hydrogens is 266 g/mol. The fourth-order valence-corrected chi connectivity index (χ4v) is 2.17. The number of aromatic hydroxyl groups is 1. The third-order valence-electron chi connectivity index (χ3n) is 3.36. The quantitative estimate of drug-likeness (QED) is 0.787. The SMILES string of the molecule is Cc1cccc(C(=O)NC(CO)Cc2ccccc2)c1O. The topological polar surface area (TPSA) is 69.6 Å². The van der Waals surface area contributed by atoms with Gasteiger partial charge in [0.2, 0.25) is 0 Å². The van der Waals surface area contributed by atoms with Crippen molar-refractivity contribution in [2.75, 3.05) is 6.61 Å². The Hall–Kier alpha value is -2.33. The van der Waals surface area contributed by atoms with Crippen LogP contribution in [-0.4, -0.2) is 28.8 Å². The van der Waals surface area contributed by atoms with Crippen LogP contribution in [-0.2, 0) is 6.42 Å². The van der Waals surface area contributed by atoms with E-state index in [1.807, 2.05) is 30.3 Å². The molecule has 0 saturated carbocycles. The second kappa shape index (κ2) is 6.90. The Bertz CT molecular complexity index is 611. The molecule has 1 amide bonds. The van der Waals surface area contributed by atoms with E-state index >= 15 is 0 Å². The highest BCUT2D eigenvalue weighted by molar-refractivity contribution is 5.97. The third-order valence-corrected chi connectivity index (χ3v) is 3.36. The van der Waals surface area contributed by atoms with E-state index in [2.05, 4.69) is 5.32 Å². The van der Waals surface area contributed by atoms with Crippen molar-refractivity contribution >= 4 is 5.91 Å². The molecule has 21 heavy (non-hydrogen) atoms. The Labute approximate surface area is 124 Å². The van der Waals surface area contributed by atoms with Crippen molar-refractivity contribution in [1.29, 1.82) is 0 Å². The molecule has 0 aliphatic carbocycles. The molecule has 2 rings (SSSR count). The number of carbonyl (C=O) groups excluding carboxylic acids is 1. The summed E-state index contributed by atoms with van der Waals surface area (Å²) in [7, 11) is 0. The predicted molar refractivity (Wildman–Crippen MR) is 81.3 cm³/mol. The minimum atomic E-state index is -0.389. The zero-order chi connectivity index (χ0) is 15.2. The molecule has 2 aromatic rings. The van der Waals surface area contributed by atoms with Crippen LogP contribution in [0.5, 0.6) is 5.75 Å². The molecule has 0 fully saturated rings. The number of phenols is 1. The number of benzene rings is 2. The lowest BCUT2D eigenvalue weighted by molar-refractivity contribution is 0.0913. The maximum Gasteiger partial charge on any atom is 0.255 e. The van der Waals surface area contributed by atoms with Crippen molar-refractivity contribution in [1.82, 2.24) is 5.32 Å². The van der Waals surface area contributed by atoms with Gasteiger partial charge in [-0.3, -0.25) is 4.79 Å². The second-order valence-electron chi connectivity index (χ2n) is 5.01. The van der Waals surface area contributed by atoms with Crippen LogP contribution < -0.4 is 5.32 Å². The molecule has 4 heteroatoms. The van der Waals surface area contributed by atoms with Crippen LogP contribution in [0.4, 0.5) is 0 Å². The molecule has 3 N–H and O–H groups in total. The van der Waals surface area contributed by atoms with Crippen molar-refractivity contribution < 1.29 is 15.0 Å². The maximum atomic E-state index is 12.2. The summed E-state index contributed by atoms with van der Waals surface area (Å²) in [5, 5.41) is 22.1. The Morgan fingerprint density at radius 1 is 1.14 bits per heavy atom. The van der Waals surface area contributed by atoms with E-state index in [0.29, 0.717) is 12.0 Å². The van der Waals surface area contributed by atoms with E-state index in [9.17, 15) is 15.0 Å². The summed E-state index contributed by atoms with van der Waals surface area (Å²) in [6.07, 6.45) is 0.537. The highest BCUT2D eigenvalue weighted by Gasteiger charge is 2.17. The van der Waals surface area contributed by atoms with Crippen LogP contribution in [0.15, 0.2) is 48.5 Å². The van der Waals surface area contributed by atoms with Crippen LogP contribution >= 0.6 is 0 Å². The number of aliphatic hydroxyl groups is 1. The lowest BCUT2D eigenvalue weighted by Gasteiger charge is -2.17. The average molecular weight is 285 g/mol. The number of carbonyl (C=O) groups is 1. The molecule has 1 atom stereocenters. The van der Waals surface area contributed by atoms with Crippen LogP contribution in [0.3, 0.4) is 0 Å². The Morgan fingerprint density at radius 3 is 2.52 bits per heavy atom. The van der Waals surface area contributed by atoms with E-state index in [1.165, 1.54) is 0 Å². The predicted octanol–water partition coefficient (Wildman–Crippen LogP) is 2.03. The van der Waals surface area contributed by atoms with Crippen LogP contribution in [0.25, 0.3) is 0 Å². The van der Waals surface area contributed by atoms with Gasteiger partial charge in [0.1, 0.15) is 5.75 Å². The summed E-state index contributed by atoms with van der Waals surface area (Å²) in [4.78, 5) is 12.2. The van der Waals surface area contributed by atoms with Gasteiger partial charge in [-0.2, -0.15) is 0 Å². The Kier molecular flexibility index (Phi) is 4.95. The number of para-hydroxylation sites is 1. The summed E-state index contributed by atoms with van der Waals surface area (Å²) in [5.74, 6) is -0.405. The molecule has 0 spiro atoms. The largest absolute Gasteiger partial charge is 0.507 e. The molecular formula is C17H19NO3. The van der Waals surface area contributed by atoms with Gasteiger partial charge in [0.25, 0.3) is 5.91 Å². The molecule has 1 unspecified atom stereocenters. The molecule has 0 aromatic heterocycles. The second-order valence-corrected chi connectivity index (χ2v) is 5.01. The molecule has 2 aromatic carbocycles. The smallest absolute Gasteiger partial charge is 0.255 e. The Morgan fingerprint density at radius 2 is 1.86 bits per heavy atom. The first-order valence-corrected chi connectivity index (χ1v) is 6.86. The van der Waals surface area contributed by atoms with E-state index < -0.39 is 0 Å². The Balaban J connectivity index is 2.08. The van der Waals surface area contributed by atoms with Crippen molar-refractivity contribution in [2.24, 2.45) is 0 Å². The lowest BCUT2D eigenvalue weighted by atomic mass is 10.1. The molecule has 4 nitrogen and oxygen atoms in total. The van der Waals surface area contributed by atoms with Gasteiger partial charge >= 0.3 is 0 Å². The minimum Gasteiger partial charge on any atom is -0.507 e. The molecule has 0 radical (unpaired) electrons. The van der Waals surface area contributed by atoms with Gasteiger partial charge in [-0.25, -0.2) is 0 Å². The van der Waals surface area contributed by atoms with Crippen molar-refractivity contribution in [2.45, 2.75) is 19.4 Å². The molecule has 0 heterocycles. The van der Waals surface area contributed by atoms with Gasteiger partial charge in [0.05, 0.1) is 18.2 Å². The fourth-order valence-electron chi connectivity index (χ4n) is 2.17. The maximum absolute atomic E-state index is 12.2. The number of aliphatic hydroxyl groups excluding tert-OH is 1. The number of aryl methyl sites for hydroxylation is 1. The molecule has 0 saturated heterocycles. The minimum absolute atomic E-state index is 0.0219. The van der Waals surface area contributed by atoms with Crippen molar-refractivity contribution in [3.05, 3.63) is 65.2 Å². The molecule has 0 aliphatic rings. The van der Waals surface area contributed by atoms with Crippen molar-refractivity contribution in [3.63, 3.8) is 0 Å². The molecule has 0 bridgehead atoms. The highest BCUT2D eigenvalue weighted by Crippen LogP contribution is 2.21. The fraction of sp³-hybridized carbons (Fsp3) is 0.235. The monoisotopic (exact) mass is 285 g/mol. The van der Waals surface area contributed by atoms with Gasteiger partial charge in [0, 0.05) is 0 Å².